The van der Waals surface area contributed by atoms with E-state index in [9.17, 15) is 4.79 Å². The summed E-state index contributed by atoms with van der Waals surface area (Å²) >= 11 is 7.63. The maximum atomic E-state index is 11.8. The summed E-state index contributed by atoms with van der Waals surface area (Å²) in [4.78, 5) is 13.7. The van der Waals surface area contributed by atoms with Crippen molar-refractivity contribution in [3.05, 3.63) is 21.9 Å². The summed E-state index contributed by atoms with van der Waals surface area (Å²) in [7, 11) is 0. The highest BCUT2D eigenvalue weighted by molar-refractivity contribution is 7.13. The summed E-state index contributed by atoms with van der Waals surface area (Å²) in [6.07, 6.45) is 3.13. The van der Waals surface area contributed by atoms with Crippen LogP contribution in [-0.2, 0) is 0 Å². The van der Waals surface area contributed by atoms with Crippen LogP contribution in [0.15, 0.2) is 12.1 Å². The fourth-order valence-corrected chi connectivity index (χ4v) is 2.99. The van der Waals surface area contributed by atoms with E-state index in [1.165, 1.54) is 11.3 Å². The molecule has 0 bridgehead atoms. The van der Waals surface area contributed by atoms with Crippen LogP contribution < -0.4 is 5.32 Å². The molecule has 1 aliphatic rings. The molecule has 15 heavy (non-hydrogen) atoms. The lowest BCUT2D eigenvalue weighted by Gasteiger charge is -2.14. The summed E-state index contributed by atoms with van der Waals surface area (Å²) in [5.74, 6) is 0.0191. The number of thiophene rings is 1. The fourth-order valence-electron chi connectivity index (χ4n) is 1.87. The molecule has 1 heterocycles. The van der Waals surface area contributed by atoms with Crippen molar-refractivity contribution in [2.75, 3.05) is 0 Å². The predicted octanol–water partition coefficient (Wildman–Crippen LogP) is 2.95. The molecule has 1 aliphatic carbocycles. The van der Waals surface area contributed by atoms with Gasteiger partial charge in [0.2, 0.25) is 0 Å². The standard InChI is InChI=1S/C11H14ClNOS/c1-7-5-6-10(15-7)11(14)13-9-4-2-3-8(9)12/h5-6,8-9H,2-4H2,1H3,(H,13,14). The zero-order valence-corrected chi connectivity index (χ0v) is 10.2. The number of hydrogen-bond acceptors (Lipinski definition) is 2. The topological polar surface area (TPSA) is 29.1 Å². The Labute approximate surface area is 98.6 Å². The van der Waals surface area contributed by atoms with Gasteiger partial charge in [-0.05, 0) is 38.3 Å². The number of hydrogen-bond donors (Lipinski definition) is 1. The van der Waals surface area contributed by atoms with Crippen molar-refractivity contribution in [3.63, 3.8) is 0 Å². The quantitative estimate of drug-likeness (QED) is 0.795. The Kier molecular flexibility index (Phi) is 3.32. The summed E-state index contributed by atoms with van der Waals surface area (Å²) in [5, 5.41) is 3.10. The molecule has 0 saturated heterocycles. The number of amides is 1. The first kappa shape index (κ1) is 11.0. The monoisotopic (exact) mass is 243 g/mol. The number of nitrogens with one attached hydrogen (secondary N) is 1. The van der Waals surface area contributed by atoms with Crippen molar-refractivity contribution >= 4 is 28.8 Å². The largest absolute Gasteiger partial charge is 0.347 e. The van der Waals surface area contributed by atoms with Crippen LogP contribution >= 0.6 is 22.9 Å². The fraction of sp³-hybridized carbons (Fsp3) is 0.545. The highest BCUT2D eigenvalue weighted by atomic mass is 35.5. The minimum atomic E-state index is 0.0191. The van der Waals surface area contributed by atoms with Gasteiger partial charge in [0.05, 0.1) is 10.3 Å². The minimum Gasteiger partial charge on any atom is -0.347 e. The van der Waals surface area contributed by atoms with Gasteiger partial charge in [0.15, 0.2) is 0 Å². The highest BCUT2D eigenvalue weighted by Crippen LogP contribution is 2.24. The van der Waals surface area contributed by atoms with Gasteiger partial charge in [-0.15, -0.1) is 22.9 Å². The van der Waals surface area contributed by atoms with Gasteiger partial charge in [0.1, 0.15) is 0 Å². The Morgan fingerprint density at radius 1 is 1.53 bits per heavy atom. The average molecular weight is 244 g/mol. The Morgan fingerprint density at radius 3 is 2.87 bits per heavy atom. The molecule has 1 aromatic heterocycles. The van der Waals surface area contributed by atoms with Crippen LogP contribution in [0.1, 0.15) is 33.8 Å². The van der Waals surface area contributed by atoms with Crippen LogP contribution in [-0.4, -0.2) is 17.3 Å². The first-order chi connectivity index (χ1) is 7.16. The number of alkyl halides is 1. The molecule has 1 saturated carbocycles. The molecule has 1 N–H and O–H groups in total. The van der Waals surface area contributed by atoms with E-state index in [-0.39, 0.29) is 17.3 Å². The molecule has 1 fully saturated rings. The number of rotatable bonds is 2. The lowest BCUT2D eigenvalue weighted by Crippen LogP contribution is -2.37. The molecule has 2 nitrogen and oxygen atoms in total. The zero-order chi connectivity index (χ0) is 10.8. The van der Waals surface area contributed by atoms with E-state index >= 15 is 0 Å². The molecule has 1 amide bonds. The van der Waals surface area contributed by atoms with Crippen molar-refractivity contribution in [1.82, 2.24) is 5.32 Å². The molecule has 0 spiro atoms. The number of carbonyl (C=O) groups excluding carboxylic acids is 1. The lowest BCUT2D eigenvalue weighted by molar-refractivity contribution is 0.0942. The van der Waals surface area contributed by atoms with Crippen molar-refractivity contribution in [3.8, 4) is 0 Å². The van der Waals surface area contributed by atoms with Crippen LogP contribution in [0.3, 0.4) is 0 Å². The van der Waals surface area contributed by atoms with Crippen molar-refractivity contribution in [2.24, 2.45) is 0 Å². The summed E-state index contributed by atoms with van der Waals surface area (Å²) in [5.41, 5.74) is 0. The van der Waals surface area contributed by atoms with Crippen LogP contribution in [0.4, 0.5) is 0 Å². The van der Waals surface area contributed by atoms with E-state index in [1.807, 2.05) is 19.1 Å². The number of halogens is 1. The number of carbonyl (C=O) groups is 1. The molecule has 2 atom stereocenters. The Morgan fingerprint density at radius 2 is 2.33 bits per heavy atom. The van der Waals surface area contributed by atoms with Gasteiger partial charge in [-0.1, -0.05) is 0 Å². The Bertz CT molecular complexity index is 363. The van der Waals surface area contributed by atoms with E-state index in [0.717, 1.165) is 29.0 Å². The van der Waals surface area contributed by atoms with Crippen LogP contribution in [0.2, 0.25) is 0 Å². The van der Waals surface area contributed by atoms with Gasteiger partial charge in [0, 0.05) is 10.9 Å². The van der Waals surface area contributed by atoms with E-state index in [1.54, 1.807) is 0 Å². The molecule has 4 heteroatoms. The van der Waals surface area contributed by atoms with Gasteiger partial charge < -0.3 is 5.32 Å². The van der Waals surface area contributed by atoms with E-state index < -0.39 is 0 Å². The maximum absolute atomic E-state index is 11.8. The SMILES string of the molecule is Cc1ccc(C(=O)NC2CCCC2Cl)s1. The summed E-state index contributed by atoms with van der Waals surface area (Å²) in [6.45, 7) is 2.00. The van der Waals surface area contributed by atoms with Gasteiger partial charge >= 0.3 is 0 Å². The molecule has 82 valence electrons. The summed E-state index contributed by atoms with van der Waals surface area (Å²) < 4.78 is 0. The third kappa shape index (κ3) is 2.52. The van der Waals surface area contributed by atoms with Gasteiger partial charge in [-0.3, -0.25) is 4.79 Å². The molecule has 2 unspecified atom stereocenters. The summed E-state index contributed by atoms with van der Waals surface area (Å²) in [6, 6.07) is 3.99. The first-order valence-electron chi connectivity index (χ1n) is 5.18. The molecular weight excluding hydrogens is 230 g/mol. The normalized spacial score (nSPS) is 25.5. The highest BCUT2D eigenvalue weighted by Gasteiger charge is 2.27. The number of aryl methyl sites for hydroxylation is 1. The van der Waals surface area contributed by atoms with Crippen LogP contribution in [0.25, 0.3) is 0 Å². The second-order valence-electron chi connectivity index (χ2n) is 3.94. The van der Waals surface area contributed by atoms with E-state index in [0.29, 0.717) is 0 Å². The molecule has 1 aromatic rings. The second-order valence-corrected chi connectivity index (χ2v) is 5.79. The first-order valence-corrected chi connectivity index (χ1v) is 6.43. The Balaban J connectivity index is 1.97. The van der Waals surface area contributed by atoms with E-state index in [2.05, 4.69) is 5.32 Å². The second kappa shape index (κ2) is 4.54. The molecule has 0 radical (unpaired) electrons. The third-order valence-corrected chi connectivity index (χ3v) is 4.23. The van der Waals surface area contributed by atoms with Crippen molar-refractivity contribution in [1.29, 1.82) is 0 Å². The molecule has 0 aliphatic heterocycles. The molecule has 2 rings (SSSR count). The van der Waals surface area contributed by atoms with Gasteiger partial charge in [-0.2, -0.15) is 0 Å². The lowest BCUT2D eigenvalue weighted by atomic mass is 10.2. The maximum Gasteiger partial charge on any atom is 0.261 e. The zero-order valence-electron chi connectivity index (χ0n) is 8.63. The third-order valence-electron chi connectivity index (χ3n) is 2.71. The smallest absolute Gasteiger partial charge is 0.261 e. The van der Waals surface area contributed by atoms with Gasteiger partial charge in [-0.25, -0.2) is 0 Å². The van der Waals surface area contributed by atoms with Crippen molar-refractivity contribution in [2.45, 2.75) is 37.6 Å². The molecular formula is C11H14ClNOS. The van der Waals surface area contributed by atoms with Crippen LogP contribution in [0, 0.1) is 6.92 Å². The van der Waals surface area contributed by atoms with Crippen LogP contribution in [0.5, 0.6) is 0 Å². The van der Waals surface area contributed by atoms with Gasteiger partial charge in [0.25, 0.3) is 5.91 Å². The van der Waals surface area contributed by atoms with Crippen molar-refractivity contribution < 1.29 is 4.79 Å². The average Bonchev–Trinajstić information content (AvgIpc) is 2.77. The van der Waals surface area contributed by atoms with E-state index in [4.69, 9.17) is 11.6 Å². The minimum absolute atomic E-state index is 0.0191. The predicted molar refractivity (Wildman–Crippen MR) is 63.8 cm³/mol. The molecule has 0 aromatic carbocycles. The Hall–Kier alpha value is -0.540.